The van der Waals surface area contributed by atoms with Gasteiger partial charge >= 0.3 is 6.09 Å². The van der Waals surface area contributed by atoms with Crippen molar-refractivity contribution < 1.29 is 37.9 Å². The van der Waals surface area contributed by atoms with Crippen molar-refractivity contribution in [3.63, 3.8) is 0 Å². The van der Waals surface area contributed by atoms with E-state index in [1.807, 2.05) is 36.5 Å². The number of ether oxygens (including phenoxy) is 1. The summed E-state index contributed by atoms with van der Waals surface area (Å²) in [5.74, 6) is -1.20. The Morgan fingerprint density at radius 3 is 2.36 bits per heavy atom. The summed E-state index contributed by atoms with van der Waals surface area (Å²) in [4.78, 5) is 36.7. The van der Waals surface area contributed by atoms with Crippen LogP contribution in [0.1, 0.15) is 18.1 Å². The predicted molar refractivity (Wildman–Crippen MR) is 127 cm³/mol. The molecule has 0 aliphatic carbocycles. The van der Waals surface area contributed by atoms with Gasteiger partial charge in [-0.2, -0.15) is 4.31 Å². The summed E-state index contributed by atoms with van der Waals surface area (Å²) in [5.41, 5.74) is 3.52. The number of hydrogen-bond donors (Lipinski definition) is 4. The van der Waals surface area contributed by atoms with Crippen LogP contribution in [0.2, 0.25) is 0 Å². The highest BCUT2D eigenvalue weighted by Gasteiger charge is 2.45. The highest BCUT2D eigenvalue weighted by Crippen LogP contribution is 2.27. The maximum absolute atomic E-state index is 13.4. The molecule has 36 heavy (non-hydrogen) atoms. The van der Waals surface area contributed by atoms with Crippen molar-refractivity contribution in [2.45, 2.75) is 37.4 Å². The van der Waals surface area contributed by atoms with Crippen LogP contribution in [0.15, 0.2) is 53.4 Å². The molecule has 1 heterocycles. The number of nitrogens with one attached hydrogen (secondary N) is 2. The molecule has 2 unspecified atom stereocenters. The van der Waals surface area contributed by atoms with Crippen molar-refractivity contribution in [2.75, 3.05) is 19.6 Å². The molecule has 2 aromatic rings. The van der Waals surface area contributed by atoms with E-state index in [2.05, 4.69) is 0 Å². The molecule has 1 fully saturated rings. The van der Waals surface area contributed by atoms with Crippen molar-refractivity contribution >= 4 is 27.9 Å². The Hall–Kier alpha value is -3.68. The van der Waals surface area contributed by atoms with Gasteiger partial charge in [0.2, 0.25) is 15.9 Å². The summed E-state index contributed by atoms with van der Waals surface area (Å²) < 4.78 is 33.5. The molecule has 2 atom stereocenters. The Balaban J connectivity index is 1.78. The average Bonchev–Trinajstić information content (AvgIpc) is 2.86. The smallest absolute Gasteiger partial charge is 0.405 e. The molecule has 3 amide bonds. The lowest BCUT2D eigenvalue weighted by molar-refractivity contribution is -0.143. The molecule has 194 valence electrons. The third kappa shape index (κ3) is 5.93. The van der Waals surface area contributed by atoms with Gasteiger partial charge < -0.3 is 20.1 Å². The first-order valence-electron chi connectivity index (χ1n) is 11.1. The minimum absolute atomic E-state index is 0.0760. The fourth-order valence-electron chi connectivity index (χ4n) is 4.03. The summed E-state index contributed by atoms with van der Waals surface area (Å²) in [7, 11) is -4.21. The summed E-state index contributed by atoms with van der Waals surface area (Å²) in [5, 5.41) is 19.9. The number of hydroxylamine groups is 1. The van der Waals surface area contributed by atoms with Crippen LogP contribution in [0.3, 0.4) is 0 Å². The lowest BCUT2D eigenvalue weighted by atomic mass is 10.0. The minimum Gasteiger partial charge on any atom is -0.489 e. The lowest BCUT2D eigenvalue weighted by Crippen LogP contribution is -2.66. The Kier molecular flexibility index (Phi) is 8.50. The molecule has 2 aromatic carbocycles. The number of hydrogen-bond acceptors (Lipinski definition) is 7. The zero-order valence-electron chi connectivity index (χ0n) is 19.7. The molecule has 1 aliphatic rings. The molecule has 0 radical (unpaired) electrons. The molecule has 0 aromatic heterocycles. The quantitative estimate of drug-likeness (QED) is 0.295. The van der Waals surface area contributed by atoms with Gasteiger partial charge in [-0.25, -0.2) is 18.7 Å². The fourth-order valence-corrected chi connectivity index (χ4v) is 5.67. The second-order valence-corrected chi connectivity index (χ2v) is 10.1. The number of carbonyl (C=O) groups excluding carboxylic acids is 2. The fraction of sp³-hybridized carbons (Fsp3) is 0.348. The summed E-state index contributed by atoms with van der Waals surface area (Å²) in [6.45, 7) is 2.86. The third-order valence-corrected chi connectivity index (χ3v) is 7.89. The van der Waals surface area contributed by atoms with Gasteiger partial charge in [-0.1, -0.05) is 24.3 Å². The normalized spacial score (nSPS) is 18.4. The largest absolute Gasteiger partial charge is 0.489 e. The SMILES string of the molecule is Cc1ccccc1COc1ccc(S(=O)(=O)N2CCN(C(=O)CNC(=O)O)C(C)C2C(=O)NO)cc1. The van der Waals surface area contributed by atoms with Crippen molar-refractivity contribution in [3.8, 4) is 5.75 Å². The van der Waals surface area contributed by atoms with Gasteiger partial charge in [-0.3, -0.25) is 14.8 Å². The number of nitrogens with zero attached hydrogens (tertiary/aromatic N) is 2. The van der Waals surface area contributed by atoms with E-state index in [1.54, 1.807) is 0 Å². The van der Waals surface area contributed by atoms with Gasteiger partial charge in [0.15, 0.2) is 0 Å². The Morgan fingerprint density at radius 2 is 1.75 bits per heavy atom. The van der Waals surface area contributed by atoms with Crippen molar-refractivity contribution in [1.29, 1.82) is 0 Å². The Bertz CT molecular complexity index is 1220. The van der Waals surface area contributed by atoms with Crippen molar-refractivity contribution in [3.05, 3.63) is 59.7 Å². The number of aryl methyl sites for hydroxylation is 1. The first-order chi connectivity index (χ1) is 17.1. The maximum atomic E-state index is 13.4. The molecule has 0 spiro atoms. The van der Waals surface area contributed by atoms with Gasteiger partial charge in [0.1, 0.15) is 24.9 Å². The number of rotatable bonds is 8. The van der Waals surface area contributed by atoms with Crippen molar-refractivity contribution in [1.82, 2.24) is 20.0 Å². The number of benzene rings is 2. The van der Waals surface area contributed by atoms with E-state index >= 15 is 0 Å². The van der Waals surface area contributed by atoms with E-state index in [0.29, 0.717) is 12.4 Å². The monoisotopic (exact) mass is 520 g/mol. The molecule has 13 heteroatoms. The molecule has 0 bridgehead atoms. The van der Waals surface area contributed by atoms with E-state index in [0.717, 1.165) is 15.4 Å². The molecule has 1 saturated heterocycles. The molecule has 1 aliphatic heterocycles. The molecule has 4 N–H and O–H groups in total. The number of carbonyl (C=O) groups is 3. The van der Waals surface area contributed by atoms with Crippen LogP contribution in [-0.2, 0) is 26.2 Å². The van der Waals surface area contributed by atoms with E-state index in [1.165, 1.54) is 41.6 Å². The van der Waals surface area contributed by atoms with Crippen LogP contribution in [0.5, 0.6) is 5.75 Å². The second-order valence-electron chi connectivity index (χ2n) is 8.21. The summed E-state index contributed by atoms with van der Waals surface area (Å²) >= 11 is 0. The van der Waals surface area contributed by atoms with Crippen LogP contribution in [0.25, 0.3) is 0 Å². The first-order valence-corrected chi connectivity index (χ1v) is 12.5. The highest BCUT2D eigenvalue weighted by molar-refractivity contribution is 7.89. The van der Waals surface area contributed by atoms with E-state index in [9.17, 15) is 28.0 Å². The molecular weight excluding hydrogens is 492 g/mol. The van der Waals surface area contributed by atoms with E-state index in [-0.39, 0.29) is 18.0 Å². The summed E-state index contributed by atoms with van der Waals surface area (Å²) in [6.07, 6.45) is -1.40. The average molecular weight is 521 g/mol. The van der Waals surface area contributed by atoms with Crippen molar-refractivity contribution in [2.24, 2.45) is 0 Å². The number of amides is 3. The predicted octanol–water partition coefficient (Wildman–Crippen LogP) is 0.937. The highest BCUT2D eigenvalue weighted by atomic mass is 32.2. The zero-order chi connectivity index (χ0) is 26.5. The Morgan fingerprint density at radius 1 is 1.08 bits per heavy atom. The third-order valence-electron chi connectivity index (χ3n) is 6.00. The number of carboxylic acid groups (broad SMARTS) is 1. The van der Waals surface area contributed by atoms with Gasteiger partial charge in [0.05, 0.1) is 10.9 Å². The summed E-state index contributed by atoms with van der Waals surface area (Å²) in [6, 6.07) is 11.0. The first kappa shape index (κ1) is 26.9. The van der Waals surface area contributed by atoms with Gasteiger partial charge in [-0.05, 0) is 49.2 Å². The number of piperazine rings is 1. The van der Waals surface area contributed by atoms with Crippen LogP contribution < -0.4 is 15.5 Å². The van der Waals surface area contributed by atoms with Crippen LogP contribution in [0, 0.1) is 6.92 Å². The van der Waals surface area contributed by atoms with Gasteiger partial charge in [0, 0.05) is 13.1 Å². The van der Waals surface area contributed by atoms with Crippen LogP contribution in [0.4, 0.5) is 4.79 Å². The maximum Gasteiger partial charge on any atom is 0.405 e. The minimum atomic E-state index is -4.21. The molecule has 0 saturated carbocycles. The Labute approximate surface area is 208 Å². The van der Waals surface area contributed by atoms with Crippen LogP contribution >= 0.6 is 0 Å². The standard InChI is InChI=1S/C23H28N4O8S/c1-15-5-3-4-6-17(15)14-35-18-7-9-19(10-8-18)36(33,34)27-12-11-26(20(28)13-24-23(30)31)16(2)21(27)22(29)25-32/h3-10,16,21,24,32H,11-14H2,1-2H3,(H,25,29)(H,30,31). The van der Waals surface area contributed by atoms with E-state index in [4.69, 9.17) is 9.84 Å². The zero-order valence-corrected chi connectivity index (χ0v) is 20.6. The van der Waals surface area contributed by atoms with E-state index < -0.39 is 46.6 Å². The second kappa shape index (κ2) is 11.4. The van der Waals surface area contributed by atoms with Gasteiger partial charge in [-0.15, -0.1) is 0 Å². The van der Waals surface area contributed by atoms with Crippen LogP contribution in [-0.4, -0.2) is 77.6 Å². The lowest BCUT2D eigenvalue weighted by Gasteiger charge is -2.44. The van der Waals surface area contributed by atoms with Gasteiger partial charge in [0.25, 0.3) is 5.91 Å². The molecule has 12 nitrogen and oxygen atoms in total. The molecule has 3 rings (SSSR count). The molecular formula is C23H28N4O8S. The number of sulfonamides is 1. The topological polar surface area (TPSA) is 166 Å².